The Bertz CT molecular complexity index is 1730. The zero-order chi connectivity index (χ0) is 25.7. The zero-order valence-corrected chi connectivity index (χ0v) is 20.7. The lowest BCUT2D eigenvalue weighted by Crippen LogP contribution is -2.17. The number of ether oxygens (including phenoxy) is 1. The molecule has 1 amide bonds. The summed E-state index contributed by atoms with van der Waals surface area (Å²) < 4.78 is 14.3. The number of hydrogen-bond donors (Lipinski definition) is 1. The Balaban J connectivity index is 1.67. The average molecular weight is 483 g/mol. The molecule has 8 nitrogen and oxygen atoms in total. The first kappa shape index (κ1) is 23.3. The van der Waals surface area contributed by atoms with Crippen LogP contribution in [-0.4, -0.2) is 20.7 Å². The molecule has 0 fully saturated rings. The number of nitrogens with two attached hydrogens (primary N) is 1. The molecule has 3 heterocycles. The number of hydrogen-bond acceptors (Lipinski definition) is 6. The second-order valence-corrected chi connectivity index (χ2v) is 9.12. The van der Waals surface area contributed by atoms with Crippen LogP contribution in [0.5, 0.6) is 5.75 Å². The summed E-state index contributed by atoms with van der Waals surface area (Å²) in [5.74, 6) is 0.0857. The Morgan fingerprint density at radius 3 is 2.64 bits per heavy atom. The van der Waals surface area contributed by atoms with E-state index in [4.69, 9.17) is 14.9 Å². The predicted molar refractivity (Wildman–Crippen MR) is 138 cm³/mol. The Hall–Kier alpha value is -4.46. The molecule has 3 aromatic heterocycles. The van der Waals surface area contributed by atoms with Gasteiger partial charge in [0.2, 0.25) is 0 Å². The quantitative estimate of drug-likeness (QED) is 0.381. The van der Waals surface area contributed by atoms with Crippen LogP contribution >= 0.6 is 0 Å². The number of pyridine rings is 1. The molecule has 5 rings (SSSR count). The van der Waals surface area contributed by atoms with Gasteiger partial charge in [0.25, 0.3) is 5.91 Å². The normalized spacial score (nSPS) is 12.2. The summed E-state index contributed by atoms with van der Waals surface area (Å²) in [6.07, 6.45) is 1.36. The van der Waals surface area contributed by atoms with Crippen LogP contribution in [0.25, 0.3) is 33.2 Å². The smallest absolute Gasteiger partial charge is 0.271 e. The highest BCUT2D eigenvalue weighted by Crippen LogP contribution is 2.34. The molecule has 1 atom stereocenters. The summed E-state index contributed by atoms with van der Waals surface area (Å²) in [6.45, 7) is 7.29. The molecule has 0 aliphatic carbocycles. The number of rotatable bonds is 5. The first-order valence-electron chi connectivity index (χ1n) is 11.6. The van der Waals surface area contributed by atoms with Gasteiger partial charge in [-0.25, -0.2) is 4.98 Å². The van der Waals surface area contributed by atoms with Crippen LogP contribution in [-0.2, 0) is 7.05 Å². The lowest BCUT2D eigenvalue weighted by Gasteiger charge is -2.19. The number of primary amides is 1. The second-order valence-electron chi connectivity index (χ2n) is 9.12. The van der Waals surface area contributed by atoms with Gasteiger partial charge in [0.05, 0.1) is 10.9 Å². The van der Waals surface area contributed by atoms with Crippen LogP contribution in [0.3, 0.4) is 0 Å². The van der Waals surface area contributed by atoms with E-state index in [1.54, 1.807) is 30.7 Å². The van der Waals surface area contributed by atoms with Gasteiger partial charge in [-0.05, 0) is 75.7 Å². The third-order valence-electron chi connectivity index (χ3n) is 6.25. The van der Waals surface area contributed by atoms with Gasteiger partial charge in [-0.2, -0.15) is 5.10 Å². The molecule has 8 heteroatoms. The molecular formula is C28H26N4O4. The Kier molecular flexibility index (Phi) is 5.59. The van der Waals surface area contributed by atoms with Crippen molar-refractivity contribution in [2.24, 2.45) is 12.8 Å². The number of nitrogens with zero attached hydrogens (tertiary/aromatic N) is 3. The summed E-state index contributed by atoms with van der Waals surface area (Å²) in [5, 5.41) is 5.84. The highest BCUT2D eigenvalue weighted by molar-refractivity contribution is 5.93. The lowest BCUT2D eigenvalue weighted by atomic mass is 9.99. The van der Waals surface area contributed by atoms with Crippen LogP contribution in [0.15, 0.2) is 57.9 Å². The predicted octanol–water partition coefficient (Wildman–Crippen LogP) is 4.91. The molecule has 36 heavy (non-hydrogen) atoms. The van der Waals surface area contributed by atoms with Crippen LogP contribution in [0.1, 0.15) is 45.9 Å². The fourth-order valence-corrected chi connectivity index (χ4v) is 4.50. The molecular weight excluding hydrogens is 456 g/mol. The fourth-order valence-electron chi connectivity index (χ4n) is 4.50. The first-order chi connectivity index (χ1) is 17.1. The van der Waals surface area contributed by atoms with Gasteiger partial charge in [-0.15, -0.1) is 0 Å². The van der Waals surface area contributed by atoms with Crippen molar-refractivity contribution >= 4 is 27.8 Å². The Morgan fingerprint density at radius 1 is 1.11 bits per heavy atom. The van der Waals surface area contributed by atoms with E-state index >= 15 is 0 Å². The largest absolute Gasteiger partial charge is 0.483 e. The van der Waals surface area contributed by atoms with E-state index in [0.717, 1.165) is 22.0 Å². The van der Waals surface area contributed by atoms with E-state index in [2.05, 4.69) is 10.1 Å². The summed E-state index contributed by atoms with van der Waals surface area (Å²) >= 11 is 0. The second kappa shape index (κ2) is 8.64. The summed E-state index contributed by atoms with van der Waals surface area (Å²) in [6, 6.07) is 12.9. The third kappa shape index (κ3) is 4.00. The van der Waals surface area contributed by atoms with Crippen LogP contribution in [0.4, 0.5) is 0 Å². The Labute approximate surface area is 207 Å². The summed E-state index contributed by atoms with van der Waals surface area (Å²) in [4.78, 5) is 29.6. The minimum Gasteiger partial charge on any atom is -0.483 e. The third-order valence-corrected chi connectivity index (χ3v) is 6.25. The molecule has 0 spiro atoms. The number of carbonyl (C=O) groups is 1. The van der Waals surface area contributed by atoms with Gasteiger partial charge >= 0.3 is 0 Å². The van der Waals surface area contributed by atoms with E-state index in [1.165, 1.54) is 0 Å². The molecule has 0 unspecified atom stereocenters. The standard InChI is InChI=1S/C28H26N4O4/c1-14-10-20(17(4)35-23-9-6-15(2)30-24(23)28(29)34)27-21(11-14)25(33)16(3)26(36-27)18-7-8-22-19(12-18)13-32(5)31-22/h6-13,17H,1-5H3,(H2,29,34)/t17-/m1/s1. The SMILES string of the molecule is Cc1cc([C@@H](C)Oc2ccc(C)nc2C(N)=O)c2oc(-c3ccc4nn(C)cc4c3)c(C)c(=O)c2c1. The molecule has 0 saturated heterocycles. The average Bonchev–Trinajstić information content (AvgIpc) is 3.21. The first-order valence-corrected chi connectivity index (χ1v) is 11.6. The Morgan fingerprint density at radius 2 is 1.89 bits per heavy atom. The van der Waals surface area contributed by atoms with E-state index in [9.17, 15) is 9.59 Å². The van der Waals surface area contributed by atoms with Crippen molar-refractivity contribution in [3.05, 3.63) is 87.0 Å². The maximum atomic E-state index is 13.5. The lowest BCUT2D eigenvalue weighted by molar-refractivity contribution is 0.0988. The number of benzene rings is 2. The summed E-state index contributed by atoms with van der Waals surface area (Å²) in [5.41, 5.74) is 10.3. The molecule has 0 bridgehead atoms. The molecule has 5 aromatic rings. The van der Waals surface area contributed by atoms with E-state index < -0.39 is 12.0 Å². The maximum absolute atomic E-state index is 13.5. The molecule has 0 aliphatic heterocycles. The van der Waals surface area contributed by atoms with Crippen molar-refractivity contribution in [1.82, 2.24) is 14.8 Å². The van der Waals surface area contributed by atoms with Crippen molar-refractivity contribution in [2.45, 2.75) is 33.8 Å². The van der Waals surface area contributed by atoms with Gasteiger partial charge in [0.1, 0.15) is 17.4 Å². The maximum Gasteiger partial charge on any atom is 0.271 e. The van der Waals surface area contributed by atoms with Crippen LogP contribution in [0.2, 0.25) is 0 Å². The zero-order valence-electron chi connectivity index (χ0n) is 20.7. The van der Waals surface area contributed by atoms with Crippen molar-refractivity contribution < 1.29 is 13.9 Å². The van der Waals surface area contributed by atoms with Crippen molar-refractivity contribution in [3.63, 3.8) is 0 Å². The number of aryl methyl sites for hydroxylation is 3. The van der Waals surface area contributed by atoms with Crippen molar-refractivity contribution in [3.8, 4) is 17.1 Å². The van der Waals surface area contributed by atoms with Crippen LogP contribution < -0.4 is 15.9 Å². The monoisotopic (exact) mass is 482 g/mol. The topological polar surface area (TPSA) is 113 Å². The van der Waals surface area contributed by atoms with Gasteiger partial charge in [0, 0.05) is 41.0 Å². The van der Waals surface area contributed by atoms with Gasteiger partial charge in [0.15, 0.2) is 16.9 Å². The molecule has 0 radical (unpaired) electrons. The molecule has 182 valence electrons. The number of aromatic nitrogens is 3. The summed E-state index contributed by atoms with van der Waals surface area (Å²) in [7, 11) is 1.87. The van der Waals surface area contributed by atoms with Gasteiger partial charge in [-0.1, -0.05) is 0 Å². The van der Waals surface area contributed by atoms with E-state index in [1.807, 2.05) is 57.4 Å². The van der Waals surface area contributed by atoms with Crippen LogP contribution in [0, 0.1) is 20.8 Å². The minimum absolute atomic E-state index is 0.0570. The molecule has 2 N–H and O–H groups in total. The fraction of sp³-hybridized carbons (Fsp3) is 0.214. The highest BCUT2D eigenvalue weighted by atomic mass is 16.5. The number of amides is 1. The molecule has 0 aliphatic rings. The number of fused-ring (bicyclic) bond motifs is 2. The van der Waals surface area contributed by atoms with Crippen molar-refractivity contribution in [1.29, 1.82) is 0 Å². The highest BCUT2D eigenvalue weighted by Gasteiger charge is 2.22. The van der Waals surface area contributed by atoms with Gasteiger partial charge < -0.3 is 14.9 Å². The molecule has 0 saturated carbocycles. The number of carbonyl (C=O) groups excluding carboxylic acids is 1. The van der Waals surface area contributed by atoms with E-state index in [0.29, 0.717) is 33.6 Å². The minimum atomic E-state index is -0.676. The van der Waals surface area contributed by atoms with E-state index in [-0.39, 0.29) is 16.9 Å². The van der Waals surface area contributed by atoms with Crippen molar-refractivity contribution in [2.75, 3.05) is 0 Å². The molecule has 2 aromatic carbocycles. The van der Waals surface area contributed by atoms with Gasteiger partial charge in [-0.3, -0.25) is 14.3 Å².